The van der Waals surface area contributed by atoms with Gasteiger partial charge in [0.2, 0.25) is 0 Å². The number of rotatable bonds is 7. The Morgan fingerprint density at radius 1 is 1.00 bits per heavy atom. The molecule has 2 N–H and O–H groups in total. The topological polar surface area (TPSA) is 103 Å². The van der Waals surface area contributed by atoms with Gasteiger partial charge in [0.25, 0.3) is 0 Å². The molecular weight excluding hydrogens is 378 g/mol. The number of aliphatic hydroxyl groups is 1. The number of hydrogen-bond acceptors (Lipinski definition) is 8. The zero-order valence-corrected chi connectivity index (χ0v) is 15.9. The third kappa shape index (κ3) is 5.39. The maximum absolute atomic E-state index is 12.6. The molecule has 1 heterocycles. The minimum Gasteiger partial charge on any atom is -0.455 e. The van der Waals surface area contributed by atoms with E-state index in [0.717, 1.165) is 0 Å². The summed E-state index contributed by atoms with van der Waals surface area (Å²) in [5, 5.41) is 9.77. The van der Waals surface area contributed by atoms with Gasteiger partial charge in [0.05, 0.1) is 17.7 Å². The molecule has 154 valence electrons. The Balaban J connectivity index is 1.80. The van der Waals surface area contributed by atoms with Gasteiger partial charge in [-0.1, -0.05) is 36.4 Å². The fourth-order valence-electron chi connectivity index (χ4n) is 3.06. The summed E-state index contributed by atoms with van der Waals surface area (Å²) in [6.45, 7) is -0.449. The Labute approximate surface area is 168 Å². The van der Waals surface area contributed by atoms with Gasteiger partial charge in [-0.05, 0) is 24.3 Å². The van der Waals surface area contributed by atoms with E-state index in [1.165, 1.54) is 0 Å². The van der Waals surface area contributed by atoms with Crippen molar-refractivity contribution < 1.29 is 33.7 Å². The zero-order chi connectivity index (χ0) is 20.6. The van der Waals surface area contributed by atoms with Crippen LogP contribution in [0.15, 0.2) is 60.7 Å². The van der Waals surface area contributed by atoms with Crippen molar-refractivity contribution in [2.75, 3.05) is 13.7 Å². The van der Waals surface area contributed by atoms with E-state index in [0.29, 0.717) is 11.1 Å². The van der Waals surface area contributed by atoms with Crippen LogP contribution in [0.5, 0.6) is 0 Å². The minimum absolute atomic E-state index is 0.114. The molecule has 29 heavy (non-hydrogen) atoms. The SMILES string of the molecule is CNO[C@@H]1C[C@@H](OC(=O)c2ccccc2)[C@H](OC(=O)c2ccccc2)[C@@H](CO)O1. The molecule has 4 atom stereocenters. The standard InChI is InChI=1S/C21H23NO7/c1-22-29-18-12-16(27-20(24)14-8-4-2-5-9-14)19(17(13-23)26-18)28-21(25)15-10-6-3-7-11-15/h2-11,16-19,22-23H,12-13H2,1H3/t16-,17-,18-,19+/m1/s1. The van der Waals surface area contributed by atoms with Gasteiger partial charge < -0.3 is 19.3 Å². The quantitative estimate of drug-likeness (QED) is 0.534. The van der Waals surface area contributed by atoms with Crippen molar-refractivity contribution in [3.63, 3.8) is 0 Å². The number of carbonyl (C=O) groups excluding carboxylic acids is 2. The molecule has 0 unspecified atom stereocenters. The van der Waals surface area contributed by atoms with E-state index in [4.69, 9.17) is 19.0 Å². The van der Waals surface area contributed by atoms with Crippen molar-refractivity contribution >= 4 is 11.9 Å². The lowest BCUT2D eigenvalue weighted by molar-refractivity contribution is -0.271. The van der Waals surface area contributed by atoms with Crippen LogP contribution in [0.2, 0.25) is 0 Å². The summed E-state index contributed by atoms with van der Waals surface area (Å²) in [5.74, 6) is -1.18. The van der Waals surface area contributed by atoms with Gasteiger partial charge in [-0.25, -0.2) is 15.1 Å². The first-order valence-corrected chi connectivity index (χ1v) is 9.23. The monoisotopic (exact) mass is 401 g/mol. The number of esters is 2. The highest BCUT2D eigenvalue weighted by Gasteiger charge is 2.44. The molecule has 1 fully saturated rings. The Morgan fingerprint density at radius 3 is 2.07 bits per heavy atom. The second-order valence-corrected chi connectivity index (χ2v) is 6.39. The molecule has 0 aliphatic carbocycles. The molecule has 0 spiro atoms. The molecule has 1 aliphatic rings. The van der Waals surface area contributed by atoms with Gasteiger partial charge in [0.15, 0.2) is 12.4 Å². The number of carbonyl (C=O) groups is 2. The summed E-state index contributed by atoms with van der Waals surface area (Å²) < 4.78 is 16.8. The van der Waals surface area contributed by atoms with Crippen molar-refractivity contribution in [1.29, 1.82) is 0 Å². The maximum Gasteiger partial charge on any atom is 0.338 e. The number of ether oxygens (including phenoxy) is 3. The van der Waals surface area contributed by atoms with Gasteiger partial charge in [0, 0.05) is 13.5 Å². The summed E-state index contributed by atoms with van der Waals surface area (Å²) in [5.41, 5.74) is 3.21. The first-order valence-electron chi connectivity index (χ1n) is 9.23. The maximum atomic E-state index is 12.6. The van der Waals surface area contributed by atoms with Crippen LogP contribution in [0, 0.1) is 0 Å². The summed E-state index contributed by atoms with van der Waals surface area (Å²) in [6.07, 6.45) is -3.49. The average Bonchev–Trinajstić information content (AvgIpc) is 2.76. The summed E-state index contributed by atoms with van der Waals surface area (Å²) in [4.78, 5) is 30.3. The molecule has 0 aromatic heterocycles. The predicted octanol–water partition coefficient (Wildman–Crippen LogP) is 1.70. The van der Waals surface area contributed by atoms with E-state index in [1.807, 2.05) is 0 Å². The molecule has 2 aromatic rings. The average molecular weight is 401 g/mol. The van der Waals surface area contributed by atoms with Crippen LogP contribution < -0.4 is 5.48 Å². The number of aliphatic hydroxyl groups excluding tert-OH is 1. The van der Waals surface area contributed by atoms with Crippen molar-refractivity contribution in [3.05, 3.63) is 71.8 Å². The molecule has 8 nitrogen and oxygen atoms in total. The number of hydroxylamine groups is 1. The van der Waals surface area contributed by atoms with Gasteiger partial charge >= 0.3 is 11.9 Å². The first kappa shape index (κ1) is 20.9. The lowest BCUT2D eigenvalue weighted by Gasteiger charge is -2.39. The van der Waals surface area contributed by atoms with Crippen LogP contribution in [-0.4, -0.2) is 55.3 Å². The highest BCUT2D eigenvalue weighted by atomic mass is 16.8. The van der Waals surface area contributed by atoms with E-state index in [-0.39, 0.29) is 6.42 Å². The Hall–Kier alpha value is -2.78. The van der Waals surface area contributed by atoms with Crippen LogP contribution in [0.25, 0.3) is 0 Å². The molecular formula is C21H23NO7. The molecule has 0 bridgehead atoms. The second kappa shape index (κ2) is 10.1. The lowest BCUT2D eigenvalue weighted by Crippen LogP contribution is -2.54. The molecule has 8 heteroatoms. The summed E-state index contributed by atoms with van der Waals surface area (Å²) in [7, 11) is 1.56. The van der Waals surface area contributed by atoms with Gasteiger partial charge in [-0.3, -0.25) is 4.84 Å². The van der Waals surface area contributed by atoms with Crippen LogP contribution in [-0.2, 0) is 19.0 Å². The highest BCUT2D eigenvalue weighted by molar-refractivity contribution is 5.90. The van der Waals surface area contributed by atoms with E-state index in [2.05, 4.69) is 5.48 Å². The highest BCUT2D eigenvalue weighted by Crippen LogP contribution is 2.27. The molecule has 0 amide bonds. The minimum atomic E-state index is -1.00. The molecule has 0 saturated carbocycles. The van der Waals surface area contributed by atoms with Crippen molar-refractivity contribution in [3.8, 4) is 0 Å². The van der Waals surface area contributed by atoms with Gasteiger partial charge in [-0.15, -0.1) is 0 Å². The molecule has 1 aliphatic heterocycles. The smallest absolute Gasteiger partial charge is 0.338 e. The van der Waals surface area contributed by atoms with E-state index < -0.39 is 43.1 Å². The fourth-order valence-corrected chi connectivity index (χ4v) is 3.06. The fraction of sp³-hybridized carbons (Fsp3) is 0.333. The molecule has 0 radical (unpaired) electrons. The number of nitrogens with one attached hydrogen (secondary N) is 1. The Bertz CT molecular complexity index is 799. The Kier molecular flexibility index (Phi) is 7.31. The second-order valence-electron chi connectivity index (χ2n) is 6.39. The van der Waals surface area contributed by atoms with E-state index in [9.17, 15) is 14.7 Å². The number of benzene rings is 2. The third-order valence-electron chi connectivity index (χ3n) is 4.43. The predicted molar refractivity (Wildman–Crippen MR) is 102 cm³/mol. The lowest BCUT2D eigenvalue weighted by atomic mass is 10.0. The van der Waals surface area contributed by atoms with Crippen LogP contribution >= 0.6 is 0 Å². The zero-order valence-electron chi connectivity index (χ0n) is 15.9. The van der Waals surface area contributed by atoms with Crippen molar-refractivity contribution in [2.24, 2.45) is 0 Å². The van der Waals surface area contributed by atoms with E-state index in [1.54, 1.807) is 67.7 Å². The molecule has 2 aromatic carbocycles. The van der Waals surface area contributed by atoms with Crippen molar-refractivity contribution in [2.45, 2.75) is 31.0 Å². The normalized spacial score (nSPS) is 23.9. The van der Waals surface area contributed by atoms with Crippen LogP contribution in [0.3, 0.4) is 0 Å². The van der Waals surface area contributed by atoms with Gasteiger partial charge in [-0.2, -0.15) is 0 Å². The Morgan fingerprint density at radius 2 is 1.55 bits per heavy atom. The van der Waals surface area contributed by atoms with Crippen molar-refractivity contribution in [1.82, 2.24) is 5.48 Å². The first-order chi connectivity index (χ1) is 14.1. The third-order valence-corrected chi connectivity index (χ3v) is 4.43. The van der Waals surface area contributed by atoms with Crippen LogP contribution in [0.4, 0.5) is 0 Å². The largest absolute Gasteiger partial charge is 0.455 e. The molecule has 3 rings (SSSR count). The van der Waals surface area contributed by atoms with E-state index >= 15 is 0 Å². The van der Waals surface area contributed by atoms with Gasteiger partial charge in [0.1, 0.15) is 12.2 Å². The summed E-state index contributed by atoms with van der Waals surface area (Å²) >= 11 is 0. The van der Waals surface area contributed by atoms with Crippen LogP contribution in [0.1, 0.15) is 27.1 Å². The number of hydrogen-bond donors (Lipinski definition) is 2. The molecule has 1 saturated heterocycles. The summed E-state index contributed by atoms with van der Waals surface area (Å²) in [6, 6.07) is 16.9.